The highest BCUT2D eigenvalue weighted by molar-refractivity contribution is 5.81. The molecule has 2 heterocycles. The summed E-state index contributed by atoms with van der Waals surface area (Å²) in [7, 11) is 0. The summed E-state index contributed by atoms with van der Waals surface area (Å²) < 4.78 is 13.7. The van der Waals surface area contributed by atoms with E-state index in [1.165, 1.54) is 6.07 Å². The Kier molecular flexibility index (Phi) is 6.80. The number of carbonyl (C=O) groups is 2. The Labute approximate surface area is 170 Å². The molecule has 7 heteroatoms. The van der Waals surface area contributed by atoms with Crippen molar-refractivity contribution >= 4 is 11.9 Å². The number of hydrogen-bond acceptors (Lipinski definition) is 3. The maximum atomic E-state index is 13.7. The van der Waals surface area contributed by atoms with Gasteiger partial charge in [0.15, 0.2) is 0 Å². The average molecular weight is 398 g/mol. The number of carbonyl (C=O) groups excluding carboxylic acids is 2. The van der Waals surface area contributed by atoms with Crippen molar-refractivity contribution in [2.24, 2.45) is 5.92 Å². The molecule has 2 atom stereocenters. The average Bonchev–Trinajstić information content (AvgIpc) is 2.74. The van der Waals surface area contributed by atoms with Gasteiger partial charge in [0.05, 0.1) is 5.92 Å². The molecule has 3 rings (SSSR count). The van der Waals surface area contributed by atoms with E-state index in [0.717, 1.165) is 11.1 Å². The highest BCUT2D eigenvalue weighted by Crippen LogP contribution is 2.31. The van der Waals surface area contributed by atoms with Crippen LogP contribution in [0.3, 0.4) is 0 Å². The van der Waals surface area contributed by atoms with Crippen molar-refractivity contribution in [2.75, 3.05) is 19.6 Å². The number of nitrogens with one attached hydrogen (secondary N) is 2. The SMILES string of the molecule is CCNC(=O)N1C[C@@H](C(=O)NCc2cccnc2)C[C@H](c2ccc(F)c(C)c2)C1. The fraction of sp³-hybridized carbons (Fsp3) is 0.409. The number of aromatic nitrogens is 1. The van der Waals surface area contributed by atoms with Gasteiger partial charge in [0.1, 0.15) is 5.82 Å². The number of nitrogens with zero attached hydrogens (tertiary/aromatic N) is 2. The van der Waals surface area contributed by atoms with Crippen molar-refractivity contribution in [3.63, 3.8) is 0 Å². The lowest BCUT2D eigenvalue weighted by Crippen LogP contribution is -2.51. The van der Waals surface area contributed by atoms with Crippen LogP contribution in [0.2, 0.25) is 0 Å². The molecule has 0 saturated carbocycles. The van der Waals surface area contributed by atoms with Gasteiger partial charge in [-0.1, -0.05) is 18.2 Å². The summed E-state index contributed by atoms with van der Waals surface area (Å²) in [5, 5.41) is 5.77. The second-order valence-corrected chi connectivity index (χ2v) is 7.46. The zero-order valence-corrected chi connectivity index (χ0v) is 16.8. The Morgan fingerprint density at radius 1 is 1.24 bits per heavy atom. The monoisotopic (exact) mass is 398 g/mol. The summed E-state index contributed by atoms with van der Waals surface area (Å²) in [6.07, 6.45) is 4.01. The fourth-order valence-corrected chi connectivity index (χ4v) is 3.72. The van der Waals surface area contributed by atoms with E-state index in [1.54, 1.807) is 30.3 Å². The molecular weight excluding hydrogens is 371 g/mol. The van der Waals surface area contributed by atoms with E-state index in [0.29, 0.717) is 38.2 Å². The van der Waals surface area contributed by atoms with Crippen LogP contribution in [0.1, 0.15) is 36.0 Å². The number of rotatable bonds is 5. The molecule has 2 aromatic rings. The summed E-state index contributed by atoms with van der Waals surface area (Å²) in [5.74, 6) is -0.708. The van der Waals surface area contributed by atoms with Gasteiger partial charge in [-0.15, -0.1) is 0 Å². The number of hydrogen-bond donors (Lipinski definition) is 2. The van der Waals surface area contributed by atoms with Gasteiger partial charge in [-0.3, -0.25) is 9.78 Å². The minimum Gasteiger partial charge on any atom is -0.352 e. The Bertz CT molecular complexity index is 859. The van der Waals surface area contributed by atoms with E-state index >= 15 is 0 Å². The lowest BCUT2D eigenvalue weighted by atomic mass is 9.83. The Hall–Kier alpha value is -2.96. The van der Waals surface area contributed by atoms with Gasteiger partial charge in [0, 0.05) is 44.5 Å². The van der Waals surface area contributed by atoms with E-state index in [-0.39, 0.29) is 29.6 Å². The van der Waals surface area contributed by atoms with Gasteiger partial charge >= 0.3 is 6.03 Å². The Balaban J connectivity index is 1.74. The van der Waals surface area contributed by atoms with Gasteiger partial charge < -0.3 is 15.5 Å². The van der Waals surface area contributed by atoms with Gasteiger partial charge in [-0.05, 0) is 49.1 Å². The predicted molar refractivity (Wildman–Crippen MR) is 109 cm³/mol. The molecule has 2 N–H and O–H groups in total. The van der Waals surface area contributed by atoms with Crippen LogP contribution < -0.4 is 10.6 Å². The smallest absolute Gasteiger partial charge is 0.317 e. The first-order valence-electron chi connectivity index (χ1n) is 9.93. The van der Waals surface area contributed by atoms with Crippen LogP contribution in [0.25, 0.3) is 0 Å². The Morgan fingerprint density at radius 3 is 2.76 bits per heavy atom. The molecule has 1 aliphatic heterocycles. The summed E-state index contributed by atoms with van der Waals surface area (Å²) >= 11 is 0. The molecule has 29 heavy (non-hydrogen) atoms. The van der Waals surface area contributed by atoms with Crippen LogP contribution in [0.15, 0.2) is 42.7 Å². The number of benzene rings is 1. The predicted octanol–water partition coefficient (Wildman–Crippen LogP) is 2.98. The highest BCUT2D eigenvalue weighted by atomic mass is 19.1. The molecule has 1 aromatic heterocycles. The molecule has 0 spiro atoms. The number of amides is 3. The second kappa shape index (κ2) is 9.49. The van der Waals surface area contributed by atoms with E-state index in [4.69, 9.17) is 0 Å². The van der Waals surface area contributed by atoms with Crippen molar-refractivity contribution < 1.29 is 14.0 Å². The van der Waals surface area contributed by atoms with E-state index in [1.807, 2.05) is 25.1 Å². The topological polar surface area (TPSA) is 74.3 Å². The standard InChI is InChI=1S/C22H27FN4O2/c1-3-25-22(29)27-13-18(17-6-7-20(23)15(2)9-17)10-19(14-27)21(28)26-12-16-5-4-8-24-11-16/h4-9,11,18-19H,3,10,12-14H2,1-2H3,(H,25,29)(H,26,28)/t18-,19-/m0/s1. The van der Waals surface area contributed by atoms with E-state index < -0.39 is 0 Å². The lowest BCUT2D eigenvalue weighted by molar-refractivity contribution is -0.126. The zero-order chi connectivity index (χ0) is 20.8. The highest BCUT2D eigenvalue weighted by Gasteiger charge is 2.34. The Morgan fingerprint density at radius 2 is 2.07 bits per heavy atom. The normalized spacial score (nSPS) is 18.9. The molecule has 1 fully saturated rings. The number of likely N-dealkylation sites (tertiary alicyclic amines) is 1. The van der Waals surface area contributed by atoms with E-state index in [2.05, 4.69) is 15.6 Å². The van der Waals surface area contributed by atoms with Crippen LogP contribution in [-0.2, 0) is 11.3 Å². The molecule has 1 aliphatic rings. The van der Waals surface area contributed by atoms with Crippen molar-refractivity contribution in [1.29, 1.82) is 0 Å². The molecule has 3 amide bonds. The van der Waals surface area contributed by atoms with Crippen molar-refractivity contribution in [1.82, 2.24) is 20.5 Å². The van der Waals surface area contributed by atoms with Crippen LogP contribution in [0.5, 0.6) is 0 Å². The van der Waals surface area contributed by atoms with Crippen LogP contribution in [0, 0.1) is 18.7 Å². The van der Waals surface area contributed by atoms with Gasteiger partial charge in [-0.25, -0.2) is 9.18 Å². The number of aryl methyl sites for hydroxylation is 1. The van der Waals surface area contributed by atoms with Crippen LogP contribution in [-0.4, -0.2) is 41.5 Å². The summed E-state index contributed by atoms with van der Waals surface area (Å²) in [6, 6.07) is 8.56. The number of urea groups is 1. The fourth-order valence-electron chi connectivity index (χ4n) is 3.72. The maximum Gasteiger partial charge on any atom is 0.317 e. The first kappa shape index (κ1) is 20.8. The molecular formula is C22H27FN4O2. The lowest BCUT2D eigenvalue weighted by Gasteiger charge is -2.37. The van der Waals surface area contributed by atoms with Crippen molar-refractivity contribution in [3.05, 3.63) is 65.2 Å². The third-order valence-electron chi connectivity index (χ3n) is 5.28. The second-order valence-electron chi connectivity index (χ2n) is 7.46. The van der Waals surface area contributed by atoms with Crippen LogP contribution in [0.4, 0.5) is 9.18 Å². The van der Waals surface area contributed by atoms with Crippen molar-refractivity contribution in [3.8, 4) is 0 Å². The first-order chi connectivity index (χ1) is 14.0. The number of pyridine rings is 1. The molecule has 1 aromatic carbocycles. The maximum absolute atomic E-state index is 13.7. The summed E-state index contributed by atoms with van der Waals surface area (Å²) in [6.45, 7) is 5.37. The molecule has 6 nitrogen and oxygen atoms in total. The van der Waals surface area contributed by atoms with Crippen molar-refractivity contribution in [2.45, 2.75) is 32.7 Å². The van der Waals surface area contributed by atoms with Gasteiger partial charge in [0.2, 0.25) is 5.91 Å². The molecule has 0 radical (unpaired) electrons. The molecule has 0 bridgehead atoms. The minimum atomic E-state index is -0.335. The number of halogens is 1. The summed E-state index contributed by atoms with van der Waals surface area (Å²) in [5.41, 5.74) is 2.43. The minimum absolute atomic E-state index is 0.0280. The molecule has 0 unspecified atom stereocenters. The first-order valence-corrected chi connectivity index (χ1v) is 9.93. The van der Waals surface area contributed by atoms with Crippen LogP contribution >= 0.6 is 0 Å². The largest absolute Gasteiger partial charge is 0.352 e. The van der Waals surface area contributed by atoms with Gasteiger partial charge in [0.25, 0.3) is 0 Å². The summed E-state index contributed by atoms with van der Waals surface area (Å²) in [4.78, 5) is 31.0. The molecule has 0 aliphatic carbocycles. The molecule has 154 valence electrons. The third-order valence-corrected chi connectivity index (χ3v) is 5.28. The van der Waals surface area contributed by atoms with E-state index in [9.17, 15) is 14.0 Å². The van der Waals surface area contributed by atoms with Gasteiger partial charge in [-0.2, -0.15) is 0 Å². The zero-order valence-electron chi connectivity index (χ0n) is 16.8. The molecule has 1 saturated heterocycles. The number of piperidine rings is 1. The third kappa shape index (κ3) is 5.31. The quantitative estimate of drug-likeness (QED) is 0.813.